The maximum Gasteiger partial charge on any atom is 0.0788 e. The molecule has 0 amide bonds. The molecular formula is C104H76N8. The SMILES string of the molecule is CC(C)(C)c1ccc2ccc3c(ccc4ccc(C(C)(C)C)nc43)c2n1.c1ccc(-c2ccc3ccc4c(ccc5ccc(-c6ccccc6)nc54)c3n2)cc1.c1ccc2c(-c3ccc4ccc5c(ccc6ccc(-c7cccc8ccccc78)nc65)c4n3)cccc2c1.c1cnc2c(c1)ccc1c2ccc2cccnc21. The molecule has 112 heavy (non-hydrogen) atoms. The lowest BCUT2D eigenvalue weighted by atomic mass is 9.90. The predicted octanol–water partition coefficient (Wildman–Crippen LogP) is 27.3. The average molecular weight is 1440 g/mol. The van der Waals surface area contributed by atoms with Gasteiger partial charge in [-0.1, -0.05) is 333 Å². The Bertz CT molecular complexity index is 7020. The lowest BCUT2D eigenvalue weighted by Crippen LogP contribution is -2.13. The molecular weight excluding hydrogens is 1360 g/mol. The summed E-state index contributed by atoms with van der Waals surface area (Å²) in [5, 5.41) is 23.3. The van der Waals surface area contributed by atoms with Crippen LogP contribution in [0.1, 0.15) is 52.9 Å². The van der Waals surface area contributed by atoms with Crippen LogP contribution in [-0.2, 0) is 10.8 Å². The van der Waals surface area contributed by atoms with Crippen LogP contribution in [0, 0.1) is 0 Å². The molecule has 8 aromatic heterocycles. The van der Waals surface area contributed by atoms with Gasteiger partial charge in [-0.2, -0.15) is 0 Å². The van der Waals surface area contributed by atoms with Crippen molar-refractivity contribution in [1.29, 1.82) is 0 Å². The summed E-state index contributed by atoms with van der Waals surface area (Å²) in [6.45, 7) is 13.2. The minimum absolute atomic E-state index is 0.0326. The van der Waals surface area contributed by atoms with E-state index in [1.54, 1.807) is 0 Å². The van der Waals surface area contributed by atoms with Crippen molar-refractivity contribution >= 4 is 152 Å². The first-order valence-corrected chi connectivity index (χ1v) is 38.3. The van der Waals surface area contributed by atoms with Crippen molar-refractivity contribution in [2.24, 2.45) is 0 Å². The van der Waals surface area contributed by atoms with Crippen LogP contribution in [0.3, 0.4) is 0 Å². The van der Waals surface area contributed by atoms with Crippen LogP contribution in [0.5, 0.6) is 0 Å². The van der Waals surface area contributed by atoms with Gasteiger partial charge in [0.2, 0.25) is 0 Å². The Morgan fingerprint density at radius 3 is 0.759 bits per heavy atom. The van der Waals surface area contributed by atoms with Crippen molar-refractivity contribution in [2.75, 3.05) is 0 Å². The van der Waals surface area contributed by atoms with Gasteiger partial charge in [0.25, 0.3) is 0 Å². The van der Waals surface area contributed by atoms with Gasteiger partial charge in [-0.3, -0.25) is 19.9 Å². The van der Waals surface area contributed by atoms with Gasteiger partial charge < -0.3 is 0 Å². The first-order chi connectivity index (χ1) is 54.8. The third kappa shape index (κ3) is 12.8. The summed E-state index contributed by atoms with van der Waals surface area (Å²) in [7, 11) is 0. The van der Waals surface area contributed by atoms with Gasteiger partial charge in [0.05, 0.1) is 66.9 Å². The fourth-order valence-electron chi connectivity index (χ4n) is 15.8. The second-order valence-corrected chi connectivity index (χ2v) is 30.9. The molecule has 0 saturated heterocycles. The van der Waals surface area contributed by atoms with Crippen molar-refractivity contribution < 1.29 is 0 Å². The highest BCUT2D eigenvalue weighted by Gasteiger charge is 2.21. The van der Waals surface area contributed by atoms with E-state index in [1.165, 1.54) is 64.6 Å². The van der Waals surface area contributed by atoms with E-state index in [2.05, 4.69) is 343 Å². The molecule has 22 aromatic rings. The quantitative estimate of drug-likeness (QED) is 0.161. The van der Waals surface area contributed by atoms with E-state index in [0.29, 0.717) is 0 Å². The minimum Gasteiger partial charge on any atom is -0.256 e. The van der Waals surface area contributed by atoms with Gasteiger partial charge >= 0.3 is 0 Å². The average Bonchev–Trinajstić information content (AvgIpc) is 0.776. The fraction of sp³-hybridized carbons (Fsp3) is 0.0769. The lowest BCUT2D eigenvalue weighted by molar-refractivity contribution is 0.571. The number of hydrogen-bond donors (Lipinski definition) is 0. The zero-order valence-electron chi connectivity index (χ0n) is 63.1. The normalized spacial score (nSPS) is 11.8. The molecule has 0 aliphatic rings. The maximum atomic E-state index is 5.22. The first-order valence-electron chi connectivity index (χ1n) is 38.3. The van der Waals surface area contributed by atoms with Gasteiger partial charge in [-0.15, -0.1) is 0 Å². The minimum atomic E-state index is 0.0326. The molecule has 8 nitrogen and oxygen atoms in total. The van der Waals surface area contributed by atoms with Gasteiger partial charge in [0.15, 0.2) is 0 Å². The van der Waals surface area contributed by atoms with Gasteiger partial charge in [-0.25, -0.2) is 19.9 Å². The van der Waals surface area contributed by atoms with Crippen LogP contribution < -0.4 is 0 Å². The van der Waals surface area contributed by atoms with Gasteiger partial charge in [0, 0.05) is 143 Å². The second kappa shape index (κ2) is 28.2. The van der Waals surface area contributed by atoms with Crippen molar-refractivity contribution in [3.05, 3.63) is 363 Å². The molecule has 8 heterocycles. The molecule has 0 radical (unpaired) electrons. The van der Waals surface area contributed by atoms with Crippen molar-refractivity contribution in [1.82, 2.24) is 39.9 Å². The van der Waals surface area contributed by atoms with Crippen LogP contribution in [-0.4, -0.2) is 39.9 Å². The summed E-state index contributed by atoms with van der Waals surface area (Å²) in [6.07, 6.45) is 3.68. The molecule has 8 heteroatoms. The molecule has 22 rings (SSSR count). The van der Waals surface area contributed by atoms with Crippen LogP contribution in [0.2, 0.25) is 0 Å². The van der Waals surface area contributed by atoms with Crippen LogP contribution in [0.25, 0.3) is 197 Å². The van der Waals surface area contributed by atoms with Crippen LogP contribution in [0.15, 0.2) is 352 Å². The molecule has 0 unspecified atom stereocenters. The molecule has 0 bridgehead atoms. The number of nitrogens with zero attached hydrogens (tertiary/aromatic N) is 8. The number of fused-ring (bicyclic) bond motifs is 22. The Labute approximate surface area is 648 Å². The molecule has 0 aliphatic carbocycles. The number of benzene rings is 14. The highest BCUT2D eigenvalue weighted by molar-refractivity contribution is 6.19. The molecule has 14 aromatic carbocycles. The zero-order chi connectivity index (χ0) is 75.6. The van der Waals surface area contributed by atoms with Crippen LogP contribution in [0.4, 0.5) is 0 Å². The third-order valence-corrected chi connectivity index (χ3v) is 21.7. The van der Waals surface area contributed by atoms with Gasteiger partial charge in [-0.05, 0) is 70.1 Å². The lowest BCUT2D eigenvalue weighted by Gasteiger charge is -2.19. The first kappa shape index (κ1) is 68.5. The standard InChI is InChI=1S/C36H22N2.C28H18N2.C24H26N2.C16H10N2/c1-3-11-27-23(7-1)9-5-13-29(27)33-21-17-25-15-20-32-31(35(25)37-33)19-16-26-18-22-34(38-36(26)32)30-14-6-10-24-8-2-4-12-28(24)30;1-3-7-19(8-4-1)25-17-13-21-11-16-24-23(27(21)29-25)15-12-22-14-18-26(30-28(22)24)20-9-5-2-6-10-20;1-23(2,3)19-13-9-15-7-12-18-17(21(15)25-19)11-8-16-10-14-20(24(4,5)6)26-22(16)18;1-3-11-5-7-14-13(15(11)17-9-1)8-6-12-4-2-10-18-16(12)14/h1-22H;1-18H;7-14H,1-6H3;1-10H. The highest BCUT2D eigenvalue weighted by Crippen LogP contribution is 2.40. The Balaban J connectivity index is 0.000000104. The molecule has 0 atom stereocenters. The summed E-state index contributed by atoms with van der Waals surface area (Å²) in [5.74, 6) is 0. The van der Waals surface area contributed by atoms with Crippen molar-refractivity contribution in [3.8, 4) is 45.0 Å². The van der Waals surface area contributed by atoms with E-state index in [9.17, 15) is 0 Å². The summed E-state index contributed by atoms with van der Waals surface area (Å²) >= 11 is 0. The number of rotatable bonds is 4. The summed E-state index contributed by atoms with van der Waals surface area (Å²) in [5.41, 5.74) is 19.1. The van der Waals surface area contributed by atoms with E-state index in [4.69, 9.17) is 29.9 Å². The molecule has 0 fully saturated rings. The largest absolute Gasteiger partial charge is 0.256 e. The Morgan fingerprint density at radius 1 is 0.170 bits per heavy atom. The third-order valence-electron chi connectivity index (χ3n) is 21.7. The number of aromatic nitrogens is 8. The molecule has 0 aliphatic heterocycles. The molecule has 0 saturated carbocycles. The van der Waals surface area contributed by atoms with E-state index in [1.807, 2.05) is 60.9 Å². The Morgan fingerprint density at radius 2 is 0.420 bits per heavy atom. The summed E-state index contributed by atoms with van der Waals surface area (Å²) < 4.78 is 0. The van der Waals surface area contributed by atoms with E-state index in [-0.39, 0.29) is 10.8 Å². The Hall–Kier alpha value is -14.1. The monoisotopic (exact) mass is 1440 g/mol. The molecule has 0 N–H and O–H groups in total. The molecule has 532 valence electrons. The smallest absolute Gasteiger partial charge is 0.0788 e. The Kier molecular flexibility index (Phi) is 17.2. The van der Waals surface area contributed by atoms with E-state index >= 15 is 0 Å². The van der Waals surface area contributed by atoms with Crippen molar-refractivity contribution in [2.45, 2.75) is 52.4 Å². The van der Waals surface area contributed by atoms with E-state index in [0.717, 1.165) is 144 Å². The van der Waals surface area contributed by atoms with Gasteiger partial charge in [0.1, 0.15) is 0 Å². The number of hydrogen-bond acceptors (Lipinski definition) is 8. The summed E-state index contributed by atoms with van der Waals surface area (Å²) in [6, 6.07) is 119. The van der Waals surface area contributed by atoms with E-state index < -0.39 is 0 Å². The number of pyridine rings is 8. The maximum absolute atomic E-state index is 5.22. The highest BCUT2D eigenvalue weighted by atomic mass is 14.8. The fourth-order valence-corrected chi connectivity index (χ4v) is 15.8. The predicted molar refractivity (Wildman–Crippen MR) is 472 cm³/mol. The molecule has 0 spiro atoms. The summed E-state index contributed by atoms with van der Waals surface area (Å²) in [4.78, 5) is 39.5. The second-order valence-electron chi connectivity index (χ2n) is 30.9. The van der Waals surface area contributed by atoms with Crippen molar-refractivity contribution in [3.63, 3.8) is 0 Å². The zero-order valence-corrected chi connectivity index (χ0v) is 63.1. The topological polar surface area (TPSA) is 103 Å². The van der Waals surface area contributed by atoms with Crippen LogP contribution >= 0.6 is 0 Å².